The van der Waals surface area contributed by atoms with Crippen LogP contribution in [0.15, 0.2) is 60.9 Å². The van der Waals surface area contributed by atoms with Crippen LogP contribution in [0.25, 0.3) is 22.5 Å². The van der Waals surface area contributed by atoms with Crippen LogP contribution in [-0.2, 0) is 11.2 Å². The molecule has 0 aliphatic rings. The Labute approximate surface area is 262 Å². The van der Waals surface area contributed by atoms with E-state index in [0.29, 0.717) is 12.2 Å². The number of esters is 1. The molecule has 0 N–H and O–H groups in total. The van der Waals surface area contributed by atoms with Gasteiger partial charge in [-0.05, 0) is 48.4 Å². The highest BCUT2D eigenvalue weighted by atomic mass is 16.5. The summed E-state index contributed by atoms with van der Waals surface area (Å²) in [6, 6.07) is 16.3. The number of hydrogen-bond acceptors (Lipinski definition) is 4. The highest BCUT2D eigenvalue weighted by Gasteiger charge is 2.08. The van der Waals surface area contributed by atoms with E-state index in [0.717, 1.165) is 47.7 Å². The van der Waals surface area contributed by atoms with Gasteiger partial charge in [0, 0.05) is 29.9 Å². The van der Waals surface area contributed by atoms with Crippen molar-refractivity contribution in [1.82, 2.24) is 9.97 Å². The van der Waals surface area contributed by atoms with Gasteiger partial charge in [0.15, 0.2) is 5.82 Å². The number of carbonyl (C=O) groups excluding carboxylic acids is 1. The molecule has 1 heterocycles. The first-order chi connectivity index (χ1) is 21.1. The molecular weight excluding hydrogens is 528 g/mol. The molecule has 0 aliphatic heterocycles. The normalized spacial score (nSPS) is 11.9. The fourth-order valence-corrected chi connectivity index (χ4v) is 5.48. The Bertz CT molecular complexity index is 1140. The highest BCUT2D eigenvalue weighted by Crippen LogP contribution is 2.24. The predicted molar refractivity (Wildman–Crippen MR) is 181 cm³/mol. The van der Waals surface area contributed by atoms with E-state index < -0.39 is 0 Å². The molecule has 0 aliphatic carbocycles. The van der Waals surface area contributed by atoms with E-state index in [1.165, 1.54) is 95.5 Å². The molecule has 234 valence electrons. The standard InChI is InChI=1S/C39H56N2O2/c1-4-6-7-8-9-10-11-12-13-14-17-20-33-22-24-35(25-23-33)39-40-30-36(31-41-39)34-26-28-37(29-27-34)43-38(42)21-18-15-16-19-32(3)5-2/h22-32H,4-21H2,1-3H3. The van der Waals surface area contributed by atoms with Crippen LogP contribution in [0.4, 0.5) is 0 Å². The molecule has 43 heavy (non-hydrogen) atoms. The van der Waals surface area contributed by atoms with Crippen molar-refractivity contribution in [3.8, 4) is 28.3 Å². The lowest BCUT2D eigenvalue weighted by molar-refractivity contribution is -0.134. The summed E-state index contributed by atoms with van der Waals surface area (Å²) in [7, 11) is 0. The van der Waals surface area contributed by atoms with Crippen molar-refractivity contribution >= 4 is 5.97 Å². The number of aryl methyl sites for hydroxylation is 1. The second-order valence-corrected chi connectivity index (χ2v) is 12.4. The molecule has 3 rings (SSSR count). The van der Waals surface area contributed by atoms with Gasteiger partial charge in [0.05, 0.1) is 0 Å². The van der Waals surface area contributed by atoms with Crippen molar-refractivity contribution < 1.29 is 9.53 Å². The van der Waals surface area contributed by atoms with Crippen molar-refractivity contribution in [3.63, 3.8) is 0 Å². The summed E-state index contributed by atoms with van der Waals surface area (Å²) in [4.78, 5) is 21.5. The molecule has 3 aromatic rings. The minimum Gasteiger partial charge on any atom is -0.427 e. The van der Waals surface area contributed by atoms with Gasteiger partial charge in [-0.1, -0.05) is 147 Å². The van der Waals surface area contributed by atoms with Gasteiger partial charge in [-0.2, -0.15) is 0 Å². The van der Waals surface area contributed by atoms with E-state index in [4.69, 9.17) is 4.74 Å². The van der Waals surface area contributed by atoms with Crippen molar-refractivity contribution in [1.29, 1.82) is 0 Å². The van der Waals surface area contributed by atoms with Gasteiger partial charge in [0.2, 0.25) is 0 Å². The van der Waals surface area contributed by atoms with E-state index >= 15 is 0 Å². The number of benzene rings is 2. The maximum absolute atomic E-state index is 12.2. The summed E-state index contributed by atoms with van der Waals surface area (Å²) in [5.74, 6) is 1.93. The number of hydrogen-bond donors (Lipinski definition) is 0. The zero-order valence-corrected chi connectivity index (χ0v) is 27.3. The SMILES string of the molecule is CCCCCCCCCCCCCc1ccc(-c2ncc(-c3ccc(OC(=O)CCCCCC(C)CC)cc3)cn2)cc1. The minimum absolute atomic E-state index is 0.159. The van der Waals surface area contributed by atoms with Gasteiger partial charge in [-0.25, -0.2) is 9.97 Å². The van der Waals surface area contributed by atoms with E-state index in [2.05, 4.69) is 55.0 Å². The minimum atomic E-state index is -0.159. The molecule has 1 aromatic heterocycles. The highest BCUT2D eigenvalue weighted by molar-refractivity contribution is 5.73. The molecule has 0 saturated carbocycles. The van der Waals surface area contributed by atoms with Crippen LogP contribution in [0.1, 0.15) is 135 Å². The molecule has 4 heteroatoms. The fourth-order valence-electron chi connectivity index (χ4n) is 5.48. The average Bonchev–Trinajstić information content (AvgIpc) is 3.04. The summed E-state index contributed by atoms with van der Waals surface area (Å²) in [5.41, 5.74) is 4.37. The molecule has 0 radical (unpaired) electrons. The number of nitrogens with zero attached hydrogens (tertiary/aromatic N) is 2. The van der Waals surface area contributed by atoms with E-state index in [-0.39, 0.29) is 5.97 Å². The molecule has 1 atom stereocenters. The number of unbranched alkanes of at least 4 members (excludes halogenated alkanes) is 12. The van der Waals surface area contributed by atoms with Gasteiger partial charge in [-0.15, -0.1) is 0 Å². The average molecular weight is 585 g/mol. The zero-order valence-electron chi connectivity index (χ0n) is 27.3. The second-order valence-electron chi connectivity index (χ2n) is 12.4. The quantitative estimate of drug-likeness (QED) is 0.0669. The zero-order chi connectivity index (χ0) is 30.5. The first-order valence-electron chi connectivity index (χ1n) is 17.3. The number of aromatic nitrogens is 2. The molecule has 0 fully saturated rings. The van der Waals surface area contributed by atoms with Crippen LogP contribution < -0.4 is 4.74 Å². The molecule has 0 spiro atoms. The van der Waals surface area contributed by atoms with Crippen molar-refractivity contribution in [3.05, 3.63) is 66.5 Å². The van der Waals surface area contributed by atoms with Crippen molar-refractivity contribution in [2.45, 2.75) is 136 Å². The number of rotatable bonds is 22. The molecule has 4 nitrogen and oxygen atoms in total. The summed E-state index contributed by atoms with van der Waals surface area (Å²) in [5, 5.41) is 0. The Kier molecular flexibility index (Phi) is 16.7. The molecule has 2 aromatic carbocycles. The summed E-state index contributed by atoms with van der Waals surface area (Å²) in [6.45, 7) is 6.80. The predicted octanol–water partition coefficient (Wildman–Crippen LogP) is 11.6. The fraction of sp³-hybridized carbons (Fsp3) is 0.564. The molecule has 0 saturated heterocycles. The van der Waals surface area contributed by atoms with Crippen LogP contribution in [-0.4, -0.2) is 15.9 Å². The van der Waals surface area contributed by atoms with Gasteiger partial charge in [0.1, 0.15) is 5.75 Å². The Balaban J connectivity index is 1.34. The third kappa shape index (κ3) is 13.9. The smallest absolute Gasteiger partial charge is 0.311 e. The lowest BCUT2D eigenvalue weighted by atomic mass is 10.0. The summed E-state index contributed by atoms with van der Waals surface area (Å²) < 4.78 is 5.53. The van der Waals surface area contributed by atoms with Gasteiger partial charge in [0.25, 0.3) is 0 Å². The first-order valence-corrected chi connectivity index (χ1v) is 17.3. The monoisotopic (exact) mass is 584 g/mol. The Morgan fingerprint density at radius 1 is 0.651 bits per heavy atom. The topological polar surface area (TPSA) is 52.1 Å². The molecule has 0 amide bonds. The van der Waals surface area contributed by atoms with Crippen molar-refractivity contribution in [2.24, 2.45) is 5.92 Å². The van der Waals surface area contributed by atoms with Crippen LogP contribution in [0.2, 0.25) is 0 Å². The Morgan fingerprint density at radius 2 is 1.21 bits per heavy atom. The number of ether oxygens (including phenoxy) is 1. The molecule has 0 bridgehead atoms. The van der Waals surface area contributed by atoms with Crippen LogP contribution in [0, 0.1) is 5.92 Å². The van der Waals surface area contributed by atoms with Crippen LogP contribution in [0.5, 0.6) is 5.75 Å². The second kappa shape index (κ2) is 20.8. The first kappa shape index (κ1) is 34.5. The summed E-state index contributed by atoms with van der Waals surface area (Å²) in [6.07, 6.45) is 26.1. The van der Waals surface area contributed by atoms with Gasteiger partial charge >= 0.3 is 5.97 Å². The molecular formula is C39H56N2O2. The maximum Gasteiger partial charge on any atom is 0.311 e. The van der Waals surface area contributed by atoms with Gasteiger partial charge < -0.3 is 4.74 Å². The maximum atomic E-state index is 12.2. The van der Waals surface area contributed by atoms with Gasteiger partial charge in [-0.3, -0.25) is 4.79 Å². The summed E-state index contributed by atoms with van der Waals surface area (Å²) >= 11 is 0. The van der Waals surface area contributed by atoms with E-state index in [1.54, 1.807) is 0 Å². The third-order valence-electron chi connectivity index (χ3n) is 8.63. The third-order valence-corrected chi connectivity index (χ3v) is 8.63. The van der Waals surface area contributed by atoms with Crippen molar-refractivity contribution in [2.75, 3.05) is 0 Å². The molecule has 1 unspecified atom stereocenters. The Morgan fingerprint density at radius 3 is 1.81 bits per heavy atom. The number of carbonyl (C=O) groups is 1. The van der Waals surface area contributed by atoms with Crippen LogP contribution >= 0.6 is 0 Å². The largest absolute Gasteiger partial charge is 0.427 e. The lowest BCUT2D eigenvalue weighted by Gasteiger charge is -2.08. The van der Waals surface area contributed by atoms with E-state index in [1.807, 2.05) is 36.7 Å². The van der Waals surface area contributed by atoms with Crippen LogP contribution in [0.3, 0.4) is 0 Å². The van der Waals surface area contributed by atoms with E-state index in [9.17, 15) is 4.79 Å². The Hall–Kier alpha value is -3.01. The lowest BCUT2D eigenvalue weighted by Crippen LogP contribution is -2.07.